The van der Waals surface area contributed by atoms with Gasteiger partial charge in [-0.05, 0) is 36.6 Å². The summed E-state index contributed by atoms with van der Waals surface area (Å²) in [5, 5.41) is 11.6. The van der Waals surface area contributed by atoms with E-state index >= 15 is 0 Å². The topological polar surface area (TPSA) is 42.7 Å². The first-order valence-electron chi connectivity index (χ1n) is 6.93. The van der Waals surface area contributed by atoms with Crippen molar-refractivity contribution in [2.45, 2.75) is 39.7 Å². The lowest BCUT2D eigenvalue weighted by atomic mass is 10.0. The second kappa shape index (κ2) is 6.48. The summed E-state index contributed by atoms with van der Waals surface area (Å²) in [6.07, 6.45) is 2.95. The highest BCUT2D eigenvalue weighted by Gasteiger charge is 2.06. The summed E-state index contributed by atoms with van der Waals surface area (Å²) < 4.78 is 1.90. The number of rotatable bonds is 6. The van der Waals surface area contributed by atoms with Crippen molar-refractivity contribution in [2.75, 3.05) is 6.54 Å². The number of hydrogen-bond acceptors (Lipinski definition) is 3. The smallest absolute Gasteiger partial charge is 0.0783 e. The Morgan fingerprint density at radius 3 is 2.58 bits per heavy atom. The first-order valence-corrected chi connectivity index (χ1v) is 6.93. The number of nitrogens with zero attached hydrogens (tertiary/aromatic N) is 3. The van der Waals surface area contributed by atoms with E-state index < -0.39 is 0 Å². The van der Waals surface area contributed by atoms with Crippen LogP contribution in [0.3, 0.4) is 0 Å². The molecule has 2 rings (SSSR count). The highest BCUT2D eigenvalue weighted by atomic mass is 15.4. The van der Waals surface area contributed by atoms with Crippen LogP contribution in [0.5, 0.6) is 0 Å². The maximum absolute atomic E-state index is 4.17. The van der Waals surface area contributed by atoms with Gasteiger partial charge in [0, 0.05) is 6.54 Å². The van der Waals surface area contributed by atoms with E-state index in [-0.39, 0.29) is 0 Å². The van der Waals surface area contributed by atoms with Crippen LogP contribution in [0.25, 0.3) is 5.69 Å². The second-order valence-electron chi connectivity index (χ2n) is 5.06. The summed E-state index contributed by atoms with van der Waals surface area (Å²) in [4.78, 5) is 0. The van der Waals surface area contributed by atoms with Crippen LogP contribution in [0.4, 0.5) is 0 Å². The summed E-state index contributed by atoms with van der Waals surface area (Å²) in [5.41, 5.74) is 3.50. The van der Waals surface area contributed by atoms with Gasteiger partial charge in [0.25, 0.3) is 0 Å². The normalized spacial score (nSPS) is 11.2. The maximum Gasteiger partial charge on any atom is 0.0783 e. The van der Waals surface area contributed by atoms with Crippen molar-refractivity contribution >= 4 is 0 Å². The summed E-state index contributed by atoms with van der Waals surface area (Å²) in [6.45, 7) is 8.37. The molecule has 0 atom stereocenters. The van der Waals surface area contributed by atoms with Gasteiger partial charge in [-0.15, -0.1) is 5.10 Å². The van der Waals surface area contributed by atoms with Gasteiger partial charge in [-0.3, -0.25) is 0 Å². The van der Waals surface area contributed by atoms with E-state index in [2.05, 4.69) is 60.7 Å². The standard InChI is InChI=1S/C15H22N4/c1-4-9-16-10-15-11-17-18-19(15)14-7-5-13(6-8-14)12(2)3/h5-8,11-12,16H,4,9-10H2,1-3H3. The number of benzene rings is 1. The Bertz CT molecular complexity index is 499. The molecule has 0 amide bonds. The monoisotopic (exact) mass is 258 g/mol. The molecule has 0 aliphatic rings. The minimum absolute atomic E-state index is 0.551. The average molecular weight is 258 g/mol. The Balaban J connectivity index is 2.15. The minimum atomic E-state index is 0.551. The molecule has 0 radical (unpaired) electrons. The predicted octanol–water partition coefficient (Wildman–Crippen LogP) is 2.89. The molecule has 0 aliphatic heterocycles. The molecule has 4 heteroatoms. The lowest BCUT2D eigenvalue weighted by Crippen LogP contribution is -2.16. The fourth-order valence-corrected chi connectivity index (χ4v) is 1.99. The second-order valence-corrected chi connectivity index (χ2v) is 5.06. The SMILES string of the molecule is CCCNCc1cnnn1-c1ccc(C(C)C)cc1. The fraction of sp³-hybridized carbons (Fsp3) is 0.467. The summed E-state index contributed by atoms with van der Waals surface area (Å²) in [7, 11) is 0. The molecule has 4 nitrogen and oxygen atoms in total. The van der Waals surface area contributed by atoms with Gasteiger partial charge in [0.2, 0.25) is 0 Å². The zero-order valence-corrected chi connectivity index (χ0v) is 11.9. The number of nitrogens with one attached hydrogen (secondary N) is 1. The van der Waals surface area contributed by atoms with Crippen molar-refractivity contribution in [1.29, 1.82) is 0 Å². The third-order valence-electron chi connectivity index (χ3n) is 3.16. The van der Waals surface area contributed by atoms with E-state index in [1.54, 1.807) is 0 Å². The molecule has 0 bridgehead atoms. The van der Waals surface area contributed by atoms with Crippen molar-refractivity contribution in [1.82, 2.24) is 20.3 Å². The lowest BCUT2D eigenvalue weighted by Gasteiger charge is -2.09. The van der Waals surface area contributed by atoms with Crippen LogP contribution in [0.15, 0.2) is 30.5 Å². The van der Waals surface area contributed by atoms with Gasteiger partial charge in [0.1, 0.15) is 0 Å². The van der Waals surface area contributed by atoms with Crippen LogP contribution in [0, 0.1) is 0 Å². The van der Waals surface area contributed by atoms with Crippen molar-refractivity contribution in [3.63, 3.8) is 0 Å². The molecule has 0 saturated heterocycles. The summed E-state index contributed by atoms with van der Waals surface area (Å²) in [5.74, 6) is 0.551. The average Bonchev–Trinajstić information content (AvgIpc) is 2.87. The molecule has 1 heterocycles. The Morgan fingerprint density at radius 2 is 1.95 bits per heavy atom. The fourth-order valence-electron chi connectivity index (χ4n) is 1.99. The van der Waals surface area contributed by atoms with Gasteiger partial charge in [-0.2, -0.15) is 0 Å². The van der Waals surface area contributed by atoms with Gasteiger partial charge in [0.05, 0.1) is 17.6 Å². The molecular weight excluding hydrogens is 236 g/mol. The Labute approximate surface area is 114 Å². The summed E-state index contributed by atoms with van der Waals surface area (Å²) >= 11 is 0. The summed E-state index contributed by atoms with van der Waals surface area (Å²) in [6, 6.07) is 8.52. The van der Waals surface area contributed by atoms with Gasteiger partial charge in [-0.25, -0.2) is 4.68 Å². The van der Waals surface area contributed by atoms with Crippen molar-refractivity contribution in [3.8, 4) is 5.69 Å². The van der Waals surface area contributed by atoms with Crippen LogP contribution in [0.2, 0.25) is 0 Å². The number of aromatic nitrogens is 3. The van der Waals surface area contributed by atoms with E-state index in [1.807, 2.05) is 10.9 Å². The molecule has 0 saturated carbocycles. The van der Waals surface area contributed by atoms with E-state index in [0.717, 1.165) is 30.9 Å². The van der Waals surface area contributed by atoms with Gasteiger partial charge in [-0.1, -0.05) is 38.1 Å². The van der Waals surface area contributed by atoms with Crippen LogP contribution >= 0.6 is 0 Å². The van der Waals surface area contributed by atoms with Gasteiger partial charge < -0.3 is 5.32 Å². The molecular formula is C15H22N4. The maximum atomic E-state index is 4.17. The van der Waals surface area contributed by atoms with Crippen molar-refractivity contribution in [3.05, 3.63) is 41.7 Å². The molecule has 0 fully saturated rings. The lowest BCUT2D eigenvalue weighted by molar-refractivity contribution is 0.641. The Kier molecular flexibility index (Phi) is 4.68. The molecule has 1 N–H and O–H groups in total. The third kappa shape index (κ3) is 3.41. The molecule has 0 aliphatic carbocycles. The van der Waals surface area contributed by atoms with Crippen LogP contribution in [-0.2, 0) is 6.54 Å². The molecule has 0 spiro atoms. The molecule has 19 heavy (non-hydrogen) atoms. The highest BCUT2D eigenvalue weighted by Crippen LogP contribution is 2.17. The zero-order valence-electron chi connectivity index (χ0n) is 11.9. The van der Waals surface area contributed by atoms with Crippen LogP contribution < -0.4 is 5.32 Å². The third-order valence-corrected chi connectivity index (χ3v) is 3.16. The largest absolute Gasteiger partial charge is 0.311 e. The van der Waals surface area contributed by atoms with Crippen molar-refractivity contribution < 1.29 is 0 Å². The zero-order chi connectivity index (χ0) is 13.7. The highest BCUT2D eigenvalue weighted by molar-refractivity contribution is 5.35. The predicted molar refractivity (Wildman–Crippen MR) is 77.4 cm³/mol. The minimum Gasteiger partial charge on any atom is -0.311 e. The van der Waals surface area contributed by atoms with E-state index in [0.29, 0.717) is 5.92 Å². The number of hydrogen-bond donors (Lipinski definition) is 1. The molecule has 2 aromatic rings. The van der Waals surface area contributed by atoms with Gasteiger partial charge >= 0.3 is 0 Å². The van der Waals surface area contributed by atoms with Crippen LogP contribution in [0.1, 0.15) is 44.4 Å². The molecule has 1 aromatic carbocycles. The molecule has 0 unspecified atom stereocenters. The first-order chi connectivity index (χ1) is 9.22. The van der Waals surface area contributed by atoms with Crippen LogP contribution in [-0.4, -0.2) is 21.5 Å². The van der Waals surface area contributed by atoms with Crippen molar-refractivity contribution in [2.24, 2.45) is 0 Å². The molecule has 102 valence electrons. The van der Waals surface area contributed by atoms with E-state index in [9.17, 15) is 0 Å². The quantitative estimate of drug-likeness (QED) is 0.810. The van der Waals surface area contributed by atoms with E-state index in [4.69, 9.17) is 0 Å². The van der Waals surface area contributed by atoms with E-state index in [1.165, 1.54) is 5.56 Å². The first kappa shape index (κ1) is 13.7. The Hall–Kier alpha value is -1.68. The Morgan fingerprint density at radius 1 is 1.21 bits per heavy atom. The molecule has 1 aromatic heterocycles. The van der Waals surface area contributed by atoms with Gasteiger partial charge in [0.15, 0.2) is 0 Å².